The van der Waals surface area contributed by atoms with Crippen LogP contribution in [-0.2, 0) is 0 Å². The van der Waals surface area contributed by atoms with Crippen LogP contribution < -0.4 is 19.9 Å². The molecule has 0 aliphatic heterocycles. The zero-order valence-corrected chi connectivity index (χ0v) is 12.0. The summed E-state index contributed by atoms with van der Waals surface area (Å²) < 4.78 is 29.1. The molecule has 0 bridgehead atoms. The Morgan fingerprint density at radius 2 is 1.62 bits per heavy atom. The van der Waals surface area contributed by atoms with Gasteiger partial charge in [0.15, 0.2) is 0 Å². The van der Waals surface area contributed by atoms with Gasteiger partial charge in [0.05, 0.1) is 20.3 Å². The van der Waals surface area contributed by atoms with Crippen molar-refractivity contribution in [2.24, 2.45) is 5.73 Å². The van der Waals surface area contributed by atoms with Gasteiger partial charge in [0.1, 0.15) is 29.7 Å². The number of rotatable bonds is 6. The third-order valence-electron chi connectivity index (χ3n) is 3.03. The zero-order valence-electron chi connectivity index (χ0n) is 12.0. The summed E-state index contributed by atoms with van der Waals surface area (Å²) in [5, 5.41) is 0. The molecule has 1 atom stereocenters. The first-order chi connectivity index (χ1) is 10.1. The Hall–Kier alpha value is -2.27. The highest BCUT2D eigenvalue weighted by atomic mass is 19.1. The van der Waals surface area contributed by atoms with Crippen LogP contribution in [0.15, 0.2) is 42.5 Å². The van der Waals surface area contributed by atoms with Gasteiger partial charge in [-0.05, 0) is 17.7 Å². The first kappa shape index (κ1) is 15.1. The van der Waals surface area contributed by atoms with Crippen molar-refractivity contribution in [2.45, 2.75) is 6.04 Å². The van der Waals surface area contributed by atoms with E-state index in [9.17, 15) is 4.39 Å². The summed E-state index contributed by atoms with van der Waals surface area (Å²) in [5.74, 6) is 1.52. The van der Waals surface area contributed by atoms with E-state index in [-0.39, 0.29) is 12.4 Å². The quantitative estimate of drug-likeness (QED) is 0.889. The van der Waals surface area contributed by atoms with Gasteiger partial charge in [-0.3, -0.25) is 0 Å². The van der Waals surface area contributed by atoms with E-state index in [1.807, 2.05) is 0 Å². The molecule has 112 valence electrons. The highest BCUT2D eigenvalue weighted by Gasteiger charge is 2.09. The van der Waals surface area contributed by atoms with Crippen molar-refractivity contribution in [2.75, 3.05) is 20.8 Å². The van der Waals surface area contributed by atoms with E-state index in [1.54, 1.807) is 44.6 Å². The molecule has 0 aliphatic carbocycles. The molecular formula is C16H18FNO3. The third kappa shape index (κ3) is 4.10. The molecule has 0 aliphatic rings. The number of ether oxygens (including phenoxy) is 3. The maximum atomic E-state index is 13.2. The molecule has 0 fully saturated rings. The van der Waals surface area contributed by atoms with Gasteiger partial charge < -0.3 is 19.9 Å². The molecule has 0 spiro atoms. The number of hydrogen-bond acceptors (Lipinski definition) is 4. The topological polar surface area (TPSA) is 53.7 Å². The molecule has 21 heavy (non-hydrogen) atoms. The van der Waals surface area contributed by atoms with E-state index in [2.05, 4.69) is 0 Å². The van der Waals surface area contributed by atoms with Gasteiger partial charge in [-0.2, -0.15) is 0 Å². The van der Waals surface area contributed by atoms with Crippen LogP contribution in [-0.4, -0.2) is 20.8 Å². The summed E-state index contributed by atoms with van der Waals surface area (Å²) in [5.41, 5.74) is 6.68. The molecule has 4 nitrogen and oxygen atoms in total. The first-order valence-electron chi connectivity index (χ1n) is 6.49. The second kappa shape index (κ2) is 6.95. The Bertz CT molecular complexity index is 582. The summed E-state index contributed by atoms with van der Waals surface area (Å²) in [6.45, 7) is 0.222. The molecular weight excluding hydrogens is 273 g/mol. The van der Waals surface area contributed by atoms with Crippen molar-refractivity contribution in [1.82, 2.24) is 0 Å². The molecule has 0 saturated heterocycles. The molecule has 0 radical (unpaired) electrons. The van der Waals surface area contributed by atoms with Crippen molar-refractivity contribution in [3.8, 4) is 17.2 Å². The van der Waals surface area contributed by atoms with Crippen LogP contribution in [0.5, 0.6) is 17.2 Å². The Morgan fingerprint density at radius 3 is 2.19 bits per heavy atom. The Balaban J connectivity index is 2.05. The van der Waals surface area contributed by atoms with Crippen molar-refractivity contribution in [3.63, 3.8) is 0 Å². The van der Waals surface area contributed by atoms with Gasteiger partial charge in [-0.1, -0.05) is 12.1 Å². The second-order valence-corrected chi connectivity index (χ2v) is 4.52. The fraction of sp³-hybridized carbons (Fsp3) is 0.250. The van der Waals surface area contributed by atoms with Crippen molar-refractivity contribution in [3.05, 3.63) is 53.8 Å². The summed E-state index contributed by atoms with van der Waals surface area (Å²) in [4.78, 5) is 0. The predicted octanol–water partition coefficient (Wildman–Crippen LogP) is 2.92. The van der Waals surface area contributed by atoms with Crippen LogP contribution >= 0.6 is 0 Å². The summed E-state index contributed by atoms with van der Waals surface area (Å²) in [7, 11) is 3.13. The molecule has 2 rings (SSSR count). The van der Waals surface area contributed by atoms with E-state index in [0.29, 0.717) is 22.8 Å². The number of nitrogens with two attached hydrogens (primary N) is 1. The first-order valence-corrected chi connectivity index (χ1v) is 6.49. The second-order valence-electron chi connectivity index (χ2n) is 4.52. The van der Waals surface area contributed by atoms with Crippen LogP contribution in [0.25, 0.3) is 0 Å². The molecule has 2 N–H and O–H groups in total. The largest absolute Gasteiger partial charge is 0.496 e. The lowest BCUT2D eigenvalue weighted by Crippen LogP contribution is -2.19. The lowest BCUT2D eigenvalue weighted by atomic mass is 10.1. The normalized spacial score (nSPS) is 11.8. The van der Waals surface area contributed by atoms with Crippen molar-refractivity contribution < 1.29 is 18.6 Å². The van der Waals surface area contributed by atoms with Crippen LogP contribution in [0.3, 0.4) is 0 Å². The molecule has 0 amide bonds. The molecule has 2 aromatic carbocycles. The fourth-order valence-corrected chi connectivity index (χ4v) is 1.88. The van der Waals surface area contributed by atoms with Gasteiger partial charge >= 0.3 is 0 Å². The number of benzene rings is 2. The lowest BCUT2D eigenvalue weighted by molar-refractivity contribution is 0.286. The highest BCUT2D eigenvalue weighted by molar-refractivity contribution is 5.42. The molecule has 5 heteroatoms. The number of halogens is 1. The van der Waals surface area contributed by atoms with Crippen LogP contribution in [0.4, 0.5) is 4.39 Å². The molecule has 1 unspecified atom stereocenters. The molecule has 0 saturated carbocycles. The Morgan fingerprint density at radius 1 is 1.00 bits per heavy atom. The van der Waals surface area contributed by atoms with E-state index in [0.717, 1.165) is 0 Å². The smallest absolute Gasteiger partial charge is 0.126 e. The maximum absolute atomic E-state index is 13.2. The SMILES string of the molecule is COc1cc(OC)cc(OCC(N)c2cccc(F)c2)c1. The Labute approximate surface area is 123 Å². The monoisotopic (exact) mass is 291 g/mol. The zero-order chi connectivity index (χ0) is 15.2. The summed E-state index contributed by atoms with van der Waals surface area (Å²) in [6, 6.07) is 11.0. The van der Waals surface area contributed by atoms with Crippen molar-refractivity contribution >= 4 is 0 Å². The van der Waals surface area contributed by atoms with E-state index in [1.165, 1.54) is 12.1 Å². The van der Waals surface area contributed by atoms with Gasteiger partial charge in [-0.25, -0.2) is 4.39 Å². The van der Waals surface area contributed by atoms with E-state index in [4.69, 9.17) is 19.9 Å². The number of methoxy groups -OCH3 is 2. The highest BCUT2D eigenvalue weighted by Crippen LogP contribution is 2.28. The molecule has 2 aromatic rings. The minimum absolute atomic E-state index is 0.222. The van der Waals surface area contributed by atoms with Gasteiger partial charge in [-0.15, -0.1) is 0 Å². The number of hydrogen-bond donors (Lipinski definition) is 1. The van der Waals surface area contributed by atoms with Gasteiger partial charge in [0.25, 0.3) is 0 Å². The van der Waals surface area contributed by atoms with Crippen LogP contribution in [0.1, 0.15) is 11.6 Å². The van der Waals surface area contributed by atoms with Gasteiger partial charge in [0.2, 0.25) is 0 Å². The minimum Gasteiger partial charge on any atom is -0.496 e. The predicted molar refractivity (Wildman–Crippen MR) is 78.4 cm³/mol. The van der Waals surface area contributed by atoms with Crippen LogP contribution in [0.2, 0.25) is 0 Å². The van der Waals surface area contributed by atoms with Crippen LogP contribution in [0, 0.1) is 5.82 Å². The molecule has 0 heterocycles. The lowest BCUT2D eigenvalue weighted by Gasteiger charge is -2.15. The maximum Gasteiger partial charge on any atom is 0.126 e. The summed E-state index contributed by atoms with van der Waals surface area (Å²) >= 11 is 0. The Kier molecular flexibility index (Phi) is 5.00. The fourth-order valence-electron chi connectivity index (χ4n) is 1.88. The van der Waals surface area contributed by atoms with E-state index >= 15 is 0 Å². The average Bonchev–Trinajstić information content (AvgIpc) is 2.52. The third-order valence-corrected chi connectivity index (χ3v) is 3.03. The summed E-state index contributed by atoms with van der Waals surface area (Å²) in [6.07, 6.45) is 0. The van der Waals surface area contributed by atoms with E-state index < -0.39 is 6.04 Å². The molecule has 0 aromatic heterocycles. The standard InChI is InChI=1S/C16H18FNO3/c1-19-13-7-14(20-2)9-15(8-13)21-10-16(18)11-4-3-5-12(17)6-11/h3-9,16H,10,18H2,1-2H3. The minimum atomic E-state index is -0.419. The van der Waals surface area contributed by atoms with Crippen molar-refractivity contribution in [1.29, 1.82) is 0 Å². The average molecular weight is 291 g/mol. The van der Waals surface area contributed by atoms with Gasteiger partial charge in [0, 0.05) is 18.2 Å².